The van der Waals surface area contributed by atoms with Crippen molar-refractivity contribution in [2.75, 3.05) is 19.6 Å². The van der Waals surface area contributed by atoms with Crippen molar-refractivity contribution in [3.8, 4) is 11.3 Å². The fraction of sp³-hybridized carbons (Fsp3) is 0.333. The lowest BCUT2D eigenvalue weighted by Crippen LogP contribution is -2.33. The maximum absolute atomic E-state index is 12.4. The first-order chi connectivity index (χ1) is 16.7. The Balaban J connectivity index is 1.36. The highest BCUT2D eigenvalue weighted by Gasteiger charge is 2.15. The molecule has 0 saturated carbocycles. The number of hydrogen-bond acceptors (Lipinski definition) is 4. The van der Waals surface area contributed by atoms with Gasteiger partial charge >= 0.3 is 0 Å². The summed E-state index contributed by atoms with van der Waals surface area (Å²) < 4.78 is 1.88. The van der Waals surface area contributed by atoms with Gasteiger partial charge in [-0.25, -0.2) is 0 Å². The van der Waals surface area contributed by atoms with Gasteiger partial charge in [0.15, 0.2) is 0 Å². The molecule has 34 heavy (non-hydrogen) atoms. The second kappa shape index (κ2) is 11.9. The van der Waals surface area contributed by atoms with E-state index >= 15 is 0 Å². The van der Waals surface area contributed by atoms with Gasteiger partial charge in [-0.1, -0.05) is 36.8 Å². The third-order valence-corrected chi connectivity index (χ3v) is 5.90. The third kappa shape index (κ3) is 6.63. The van der Waals surface area contributed by atoms with Gasteiger partial charge in [0, 0.05) is 61.8 Å². The Morgan fingerprint density at radius 3 is 2.79 bits per heavy atom. The van der Waals surface area contributed by atoms with E-state index in [0.717, 1.165) is 54.6 Å². The molecule has 7 heteroatoms. The minimum atomic E-state index is -0.157. The summed E-state index contributed by atoms with van der Waals surface area (Å²) in [7, 11) is 0. The van der Waals surface area contributed by atoms with Gasteiger partial charge in [0.2, 0.25) is 11.8 Å². The zero-order valence-electron chi connectivity index (χ0n) is 19.4. The molecule has 1 N–H and O–H groups in total. The molecule has 3 aromatic rings. The van der Waals surface area contributed by atoms with Crippen molar-refractivity contribution in [1.82, 2.24) is 25.0 Å². The molecule has 1 saturated heterocycles. The summed E-state index contributed by atoms with van der Waals surface area (Å²) in [6.07, 6.45) is 13.4. The van der Waals surface area contributed by atoms with E-state index in [1.807, 2.05) is 46.1 Å². The van der Waals surface area contributed by atoms with Crippen LogP contribution in [0.25, 0.3) is 17.3 Å². The van der Waals surface area contributed by atoms with Crippen molar-refractivity contribution < 1.29 is 9.59 Å². The fourth-order valence-electron chi connectivity index (χ4n) is 4.12. The first-order valence-corrected chi connectivity index (χ1v) is 11.9. The number of rotatable bonds is 9. The van der Waals surface area contributed by atoms with Crippen LogP contribution in [0.15, 0.2) is 67.1 Å². The number of nitrogens with zero attached hydrogens (tertiary/aromatic N) is 4. The van der Waals surface area contributed by atoms with Crippen LogP contribution in [0.3, 0.4) is 0 Å². The van der Waals surface area contributed by atoms with Gasteiger partial charge in [-0.3, -0.25) is 19.3 Å². The number of amides is 2. The summed E-state index contributed by atoms with van der Waals surface area (Å²) in [5, 5.41) is 7.68. The Kier molecular flexibility index (Phi) is 8.22. The van der Waals surface area contributed by atoms with Crippen LogP contribution in [0.5, 0.6) is 0 Å². The second-order valence-corrected chi connectivity index (χ2v) is 8.53. The molecule has 0 unspecified atom stereocenters. The monoisotopic (exact) mass is 457 g/mol. The van der Waals surface area contributed by atoms with Crippen molar-refractivity contribution in [3.63, 3.8) is 0 Å². The van der Waals surface area contributed by atoms with E-state index in [-0.39, 0.29) is 11.8 Å². The molecule has 7 nitrogen and oxygen atoms in total. The summed E-state index contributed by atoms with van der Waals surface area (Å²) in [4.78, 5) is 30.6. The highest BCUT2D eigenvalue weighted by Crippen LogP contribution is 2.23. The minimum Gasteiger partial charge on any atom is -0.352 e. The number of carbonyl (C=O) groups excluding carboxylic acids is 2. The van der Waals surface area contributed by atoms with Crippen molar-refractivity contribution in [2.45, 2.75) is 38.6 Å². The van der Waals surface area contributed by atoms with E-state index in [2.05, 4.69) is 22.4 Å². The van der Waals surface area contributed by atoms with Crippen LogP contribution >= 0.6 is 0 Å². The molecule has 0 atom stereocenters. The van der Waals surface area contributed by atoms with Crippen LogP contribution in [0, 0.1) is 0 Å². The number of benzene rings is 1. The highest BCUT2D eigenvalue weighted by molar-refractivity contribution is 5.92. The van der Waals surface area contributed by atoms with Gasteiger partial charge in [0.1, 0.15) is 5.69 Å². The molecule has 176 valence electrons. The molecular weight excluding hydrogens is 426 g/mol. The Hall–Kier alpha value is -3.74. The first-order valence-electron chi connectivity index (χ1n) is 11.9. The van der Waals surface area contributed by atoms with Gasteiger partial charge in [-0.05, 0) is 43.0 Å². The molecule has 1 fully saturated rings. The van der Waals surface area contributed by atoms with Crippen LogP contribution < -0.4 is 5.32 Å². The molecule has 4 rings (SSSR count). The number of likely N-dealkylation sites (tertiary alicyclic amines) is 1. The lowest BCUT2D eigenvalue weighted by molar-refractivity contribution is -0.130. The number of aromatic nitrogens is 3. The van der Waals surface area contributed by atoms with Crippen LogP contribution in [0.1, 0.15) is 43.2 Å². The molecule has 1 aromatic carbocycles. The third-order valence-electron chi connectivity index (χ3n) is 5.90. The van der Waals surface area contributed by atoms with Crippen molar-refractivity contribution in [1.29, 1.82) is 0 Å². The smallest absolute Gasteiger partial charge is 0.244 e. The standard InChI is InChI=1S/C27H31N5O2/c33-25(29-16-8-18-31-17-6-2-5-12-26(31)34)14-13-24-21-32(20-22-9-3-1-4-10-22)30-27(24)23-11-7-15-28-19-23/h1,3-4,7,9-11,13-15,19,21H,2,5-6,8,12,16-18,20H2,(H,29,33)/b14-13+. The largest absolute Gasteiger partial charge is 0.352 e. The second-order valence-electron chi connectivity index (χ2n) is 8.53. The summed E-state index contributed by atoms with van der Waals surface area (Å²) in [6.45, 7) is 2.70. The molecular formula is C27H31N5O2. The molecule has 1 aliphatic rings. The first kappa shape index (κ1) is 23.4. The Labute approximate surface area is 200 Å². The summed E-state index contributed by atoms with van der Waals surface area (Å²) >= 11 is 0. The molecule has 2 aromatic heterocycles. The molecule has 1 aliphatic heterocycles. The van der Waals surface area contributed by atoms with Crippen molar-refractivity contribution in [3.05, 3.63) is 78.3 Å². The van der Waals surface area contributed by atoms with Crippen LogP contribution in [-0.2, 0) is 16.1 Å². The SMILES string of the molecule is O=C(/C=C/c1cn(Cc2ccccc2)nc1-c1cccnc1)NCCCN1CCCCCC1=O. The summed E-state index contributed by atoms with van der Waals surface area (Å²) in [5.41, 5.74) is 3.69. The number of carbonyl (C=O) groups is 2. The predicted molar refractivity (Wildman–Crippen MR) is 133 cm³/mol. The minimum absolute atomic E-state index is 0.157. The van der Waals surface area contributed by atoms with E-state index in [0.29, 0.717) is 26.1 Å². The summed E-state index contributed by atoms with van der Waals surface area (Å²) in [6, 6.07) is 14.0. The Morgan fingerprint density at radius 1 is 1.09 bits per heavy atom. The van der Waals surface area contributed by atoms with Crippen LogP contribution in [-0.4, -0.2) is 51.1 Å². The van der Waals surface area contributed by atoms with E-state index in [4.69, 9.17) is 5.10 Å². The number of pyridine rings is 1. The van der Waals surface area contributed by atoms with Crippen LogP contribution in [0.2, 0.25) is 0 Å². The number of hydrogen-bond donors (Lipinski definition) is 1. The Bertz CT molecular complexity index is 1110. The maximum atomic E-state index is 12.4. The quantitative estimate of drug-likeness (QED) is 0.390. The van der Waals surface area contributed by atoms with E-state index < -0.39 is 0 Å². The van der Waals surface area contributed by atoms with Crippen molar-refractivity contribution >= 4 is 17.9 Å². The van der Waals surface area contributed by atoms with Gasteiger partial charge in [-0.15, -0.1) is 0 Å². The molecule has 3 heterocycles. The van der Waals surface area contributed by atoms with E-state index in [1.165, 1.54) is 0 Å². The normalized spacial score (nSPS) is 14.4. The average molecular weight is 458 g/mol. The maximum Gasteiger partial charge on any atom is 0.244 e. The zero-order chi connectivity index (χ0) is 23.6. The lowest BCUT2D eigenvalue weighted by Gasteiger charge is -2.20. The average Bonchev–Trinajstić information content (AvgIpc) is 3.15. The van der Waals surface area contributed by atoms with Gasteiger partial charge < -0.3 is 10.2 Å². The lowest BCUT2D eigenvalue weighted by atomic mass is 10.1. The van der Waals surface area contributed by atoms with Gasteiger partial charge in [0.05, 0.1) is 6.54 Å². The zero-order valence-corrected chi connectivity index (χ0v) is 19.4. The van der Waals surface area contributed by atoms with Gasteiger partial charge in [-0.2, -0.15) is 5.10 Å². The topological polar surface area (TPSA) is 80.1 Å². The number of nitrogens with one attached hydrogen (secondary N) is 1. The predicted octanol–water partition coefficient (Wildman–Crippen LogP) is 3.92. The summed E-state index contributed by atoms with van der Waals surface area (Å²) in [5.74, 6) is 0.0781. The molecule has 0 radical (unpaired) electrons. The molecule has 2 amide bonds. The van der Waals surface area contributed by atoms with Crippen molar-refractivity contribution in [2.24, 2.45) is 0 Å². The Morgan fingerprint density at radius 2 is 1.97 bits per heavy atom. The molecule has 0 aliphatic carbocycles. The molecule has 0 spiro atoms. The highest BCUT2D eigenvalue weighted by atomic mass is 16.2. The van der Waals surface area contributed by atoms with E-state index in [9.17, 15) is 9.59 Å². The van der Waals surface area contributed by atoms with E-state index in [1.54, 1.807) is 24.5 Å². The van der Waals surface area contributed by atoms with Crippen LogP contribution in [0.4, 0.5) is 0 Å². The molecule has 0 bridgehead atoms. The fourth-order valence-corrected chi connectivity index (χ4v) is 4.12. The van der Waals surface area contributed by atoms with Gasteiger partial charge in [0.25, 0.3) is 0 Å².